The zero-order valence-electron chi connectivity index (χ0n) is 11.3. The van der Waals surface area contributed by atoms with Crippen molar-refractivity contribution in [2.75, 3.05) is 6.54 Å². The third-order valence-corrected chi connectivity index (χ3v) is 4.76. The summed E-state index contributed by atoms with van der Waals surface area (Å²) in [4.78, 5) is 4.10. The molecular formula is C12H21N3O3S. The number of aliphatic hydroxyl groups excluding tert-OH is 1. The molecule has 2 N–H and O–H groups in total. The summed E-state index contributed by atoms with van der Waals surface area (Å²) in [6.07, 6.45) is 3.60. The molecule has 0 spiro atoms. The first-order chi connectivity index (χ1) is 8.92. The van der Waals surface area contributed by atoms with Crippen molar-refractivity contribution in [3.63, 3.8) is 0 Å². The van der Waals surface area contributed by atoms with Crippen molar-refractivity contribution < 1.29 is 13.5 Å². The van der Waals surface area contributed by atoms with Crippen LogP contribution < -0.4 is 4.72 Å². The lowest BCUT2D eigenvalue weighted by atomic mass is 9.83. The Bertz CT molecular complexity index is 532. The standard InChI is InChI=1S/C12H21N3O3S/c1-3-4-15-8-12(14-9(15)2)19(17,18)13-7-10-5-11(16)6-10/h8,10-11,13,16H,3-7H2,1-2H3. The monoisotopic (exact) mass is 287 g/mol. The maximum atomic E-state index is 12.1. The average Bonchev–Trinajstić information content (AvgIpc) is 2.66. The second kappa shape index (κ2) is 5.60. The Balaban J connectivity index is 2.00. The second-order valence-electron chi connectivity index (χ2n) is 5.16. The number of aromatic nitrogens is 2. The van der Waals surface area contributed by atoms with E-state index in [1.54, 1.807) is 13.1 Å². The van der Waals surface area contributed by atoms with Gasteiger partial charge in [0.15, 0.2) is 5.03 Å². The number of sulfonamides is 1. The van der Waals surface area contributed by atoms with E-state index in [9.17, 15) is 13.5 Å². The lowest BCUT2D eigenvalue weighted by Crippen LogP contribution is -2.38. The lowest BCUT2D eigenvalue weighted by molar-refractivity contribution is 0.0453. The molecule has 2 rings (SSSR count). The Morgan fingerprint density at radius 1 is 1.53 bits per heavy atom. The van der Waals surface area contributed by atoms with Gasteiger partial charge in [0.25, 0.3) is 10.0 Å². The number of aliphatic hydroxyl groups is 1. The van der Waals surface area contributed by atoms with Crippen LogP contribution in [-0.2, 0) is 16.6 Å². The minimum Gasteiger partial charge on any atom is -0.393 e. The van der Waals surface area contributed by atoms with E-state index < -0.39 is 10.0 Å². The number of imidazole rings is 1. The van der Waals surface area contributed by atoms with Crippen LogP contribution in [-0.4, -0.2) is 35.7 Å². The smallest absolute Gasteiger partial charge is 0.259 e. The number of rotatable bonds is 6. The zero-order chi connectivity index (χ0) is 14.0. The van der Waals surface area contributed by atoms with Crippen LogP contribution in [0, 0.1) is 12.8 Å². The van der Waals surface area contributed by atoms with Crippen LogP contribution in [0.4, 0.5) is 0 Å². The fourth-order valence-electron chi connectivity index (χ4n) is 2.24. The highest BCUT2D eigenvalue weighted by Crippen LogP contribution is 2.26. The van der Waals surface area contributed by atoms with Crippen molar-refractivity contribution in [1.29, 1.82) is 0 Å². The molecule has 1 fully saturated rings. The summed E-state index contributed by atoms with van der Waals surface area (Å²) in [5.74, 6) is 0.949. The van der Waals surface area contributed by atoms with Gasteiger partial charge in [0.2, 0.25) is 0 Å². The van der Waals surface area contributed by atoms with E-state index in [0.29, 0.717) is 25.2 Å². The molecule has 6 nitrogen and oxygen atoms in total. The Morgan fingerprint density at radius 2 is 2.21 bits per heavy atom. The van der Waals surface area contributed by atoms with E-state index in [4.69, 9.17) is 0 Å². The van der Waals surface area contributed by atoms with Crippen molar-refractivity contribution in [3.05, 3.63) is 12.0 Å². The van der Waals surface area contributed by atoms with E-state index in [1.807, 2.05) is 11.5 Å². The Kier molecular flexibility index (Phi) is 4.27. The number of nitrogens with one attached hydrogen (secondary N) is 1. The molecule has 0 unspecified atom stereocenters. The predicted octanol–water partition coefficient (Wildman–Crippen LogP) is 0.651. The Labute approximate surface area is 113 Å². The first kappa shape index (κ1) is 14.5. The minimum atomic E-state index is -3.53. The van der Waals surface area contributed by atoms with E-state index in [2.05, 4.69) is 9.71 Å². The van der Waals surface area contributed by atoms with Crippen molar-refractivity contribution in [2.24, 2.45) is 5.92 Å². The van der Waals surface area contributed by atoms with Crippen molar-refractivity contribution in [1.82, 2.24) is 14.3 Å². The molecule has 0 saturated heterocycles. The van der Waals surface area contributed by atoms with E-state index in [0.717, 1.165) is 13.0 Å². The van der Waals surface area contributed by atoms with Crippen molar-refractivity contribution in [3.8, 4) is 0 Å². The summed E-state index contributed by atoms with van der Waals surface area (Å²) >= 11 is 0. The zero-order valence-corrected chi connectivity index (χ0v) is 12.2. The second-order valence-corrected chi connectivity index (χ2v) is 6.88. The normalized spacial score (nSPS) is 23.3. The van der Waals surface area contributed by atoms with Crippen LogP contribution in [0.25, 0.3) is 0 Å². The third kappa shape index (κ3) is 3.34. The maximum Gasteiger partial charge on any atom is 0.259 e. The first-order valence-electron chi connectivity index (χ1n) is 6.64. The van der Waals surface area contributed by atoms with Gasteiger partial charge in [-0.15, -0.1) is 0 Å². The molecule has 19 heavy (non-hydrogen) atoms. The van der Waals surface area contributed by atoms with Crippen LogP contribution in [0.15, 0.2) is 11.2 Å². The van der Waals surface area contributed by atoms with Gasteiger partial charge in [0, 0.05) is 19.3 Å². The van der Waals surface area contributed by atoms with Crippen LogP contribution >= 0.6 is 0 Å². The molecule has 1 aromatic heterocycles. The highest BCUT2D eigenvalue weighted by Gasteiger charge is 2.29. The molecule has 0 aliphatic heterocycles. The largest absolute Gasteiger partial charge is 0.393 e. The molecule has 1 aliphatic rings. The average molecular weight is 287 g/mol. The molecule has 1 aliphatic carbocycles. The minimum absolute atomic E-state index is 0.0818. The van der Waals surface area contributed by atoms with Crippen molar-refractivity contribution in [2.45, 2.75) is 50.8 Å². The Hall–Kier alpha value is -0.920. The fraction of sp³-hybridized carbons (Fsp3) is 0.750. The quantitative estimate of drug-likeness (QED) is 0.804. The Morgan fingerprint density at radius 3 is 2.79 bits per heavy atom. The third-order valence-electron chi connectivity index (χ3n) is 3.47. The van der Waals surface area contributed by atoms with Gasteiger partial charge in [-0.05, 0) is 32.1 Å². The molecule has 1 saturated carbocycles. The maximum absolute atomic E-state index is 12.1. The van der Waals surface area contributed by atoms with Gasteiger partial charge in [-0.3, -0.25) is 0 Å². The molecule has 1 aromatic rings. The van der Waals surface area contributed by atoms with Crippen LogP contribution in [0.3, 0.4) is 0 Å². The molecule has 0 radical (unpaired) electrons. The summed E-state index contributed by atoms with van der Waals surface area (Å²) in [7, 11) is -3.53. The first-order valence-corrected chi connectivity index (χ1v) is 8.12. The summed E-state index contributed by atoms with van der Waals surface area (Å²) in [6, 6.07) is 0. The van der Waals surface area contributed by atoms with E-state index >= 15 is 0 Å². The predicted molar refractivity (Wildman–Crippen MR) is 71.2 cm³/mol. The topological polar surface area (TPSA) is 84.2 Å². The van der Waals surface area contributed by atoms with Crippen LogP contribution in [0.1, 0.15) is 32.0 Å². The molecule has 0 amide bonds. The van der Waals surface area contributed by atoms with Gasteiger partial charge < -0.3 is 9.67 Å². The van der Waals surface area contributed by atoms with Crippen LogP contribution in [0.2, 0.25) is 0 Å². The number of nitrogens with zero attached hydrogens (tertiary/aromatic N) is 2. The van der Waals surface area contributed by atoms with Gasteiger partial charge in [-0.25, -0.2) is 18.1 Å². The van der Waals surface area contributed by atoms with Gasteiger partial charge in [0.1, 0.15) is 5.82 Å². The molecule has 0 atom stereocenters. The fourth-order valence-corrected chi connectivity index (χ4v) is 3.37. The van der Waals surface area contributed by atoms with Gasteiger partial charge in [0.05, 0.1) is 6.10 Å². The van der Waals surface area contributed by atoms with Gasteiger partial charge in [-0.2, -0.15) is 0 Å². The summed E-state index contributed by atoms with van der Waals surface area (Å²) in [6.45, 7) is 4.98. The lowest BCUT2D eigenvalue weighted by Gasteiger charge is -2.31. The van der Waals surface area contributed by atoms with Gasteiger partial charge in [-0.1, -0.05) is 6.92 Å². The van der Waals surface area contributed by atoms with E-state index in [-0.39, 0.29) is 17.0 Å². The summed E-state index contributed by atoms with van der Waals surface area (Å²) < 4.78 is 28.6. The van der Waals surface area contributed by atoms with Gasteiger partial charge >= 0.3 is 0 Å². The molecule has 0 aromatic carbocycles. The molecular weight excluding hydrogens is 266 g/mol. The number of hydrogen-bond donors (Lipinski definition) is 2. The molecule has 1 heterocycles. The summed E-state index contributed by atoms with van der Waals surface area (Å²) in [5.41, 5.74) is 0. The van der Waals surface area contributed by atoms with E-state index in [1.165, 1.54) is 0 Å². The number of aryl methyl sites for hydroxylation is 2. The molecule has 7 heteroatoms. The highest BCUT2D eigenvalue weighted by atomic mass is 32.2. The van der Waals surface area contributed by atoms with Crippen LogP contribution in [0.5, 0.6) is 0 Å². The summed E-state index contributed by atoms with van der Waals surface area (Å²) in [5, 5.41) is 9.25. The van der Waals surface area contributed by atoms with Crippen molar-refractivity contribution >= 4 is 10.0 Å². The highest BCUT2D eigenvalue weighted by molar-refractivity contribution is 7.89. The molecule has 108 valence electrons. The molecule has 0 bridgehead atoms. The number of hydrogen-bond acceptors (Lipinski definition) is 4. The SMILES string of the molecule is CCCn1cc(S(=O)(=O)NCC2CC(O)C2)nc1C.